The summed E-state index contributed by atoms with van der Waals surface area (Å²) in [5.41, 5.74) is 0.802. The molecule has 0 spiro atoms. The standard InChI is InChI=1S/C11H12NO4.Fm/c1-16-9-4-2-8(3-5-9)6-10(11(14)15)12-7-13;/h2-5,10H,6H2,1H3,(H,12,13)(H,14,15);/q-1;/t10-;/m0./s1. The minimum atomic E-state index is -1.08. The number of ether oxygens (including phenoxy) is 1. The number of carboxylic acid groups (broad SMARTS) is 1. The summed E-state index contributed by atoms with van der Waals surface area (Å²) < 4.78 is 4.97. The maximum Gasteiger partial charge on any atom is 0.323 e. The molecule has 0 aliphatic carbocycles. The number of rotatable bonds is 6. The minimum absolute atomic E-state index is 0. The van der Waals surface area contributed by atoms with E-state index in [0.29, 0.717) is 5.75 Å². The van der Waals surface area contributed by atoms with Crippen LogP contribution in [0.1, 0.15) is 5.56 Å². The molecule has 6 heteroatoms. The molecule has 1 aromatic rings. The fourth-order valence-corrected chi connectivity index (χ4v) is 1.27. The number of hydrogen-bond donors (Lipinski definition) is 2. The predicted octanol–water partition coefficient (Wildman–Crippen LogP) is 0.348. The fraction of sp³-hybridized carbons (Fsp3) is 0.273. The summed E-state index contributed by atoms with van der Waals surface area (Å²) in [6, 6.07) is 6.02. The van der Waals surface area contributed by atoms with E-state index in [9.17, 15) is 9.59 Å². The van der Waals surface area contributed by atoms with Gasteiger partial charge in [-0.3, -0.25) is 4.79 Å². The van der Waals surface area contributed by atoms with Crippen molar-refractivity contribution in [3.63, 3.8) is 0 Å². The van der Waals surface area contributed by atoms with Gasteiger partial charge in [0.2, 0.25) is 0 Å². The van der Waals surface area contributed by atoms with Crippen LogP contribution in [0.5, 0.6) is 5.75 Å². The SMILES string of the molecule is COc1ccc(C[C@H](N[C-]=O)C(=O)O)cc1.[Fm]. The van der Waals surface area contributed by atoms with E-state index in [-0.39, 0.29) is 6.42 Å². The van der Waals surface area contributed by atoms with E-state index in [4.69, 9.17) is 9.84 Å². The van der Waals surface area contributed by atoms with Gasteiger partial charge in [0.1, 0.15) is 11.8 Å². The fourth-order valence-electron chi connectivity index (χ4n) is 1.27. The Morgan fingerprint density at radius 2 is 2.06 bits per heavy atom. The third-order valence-electron chi connectivity index (χ3n) is 2.13. The molecular formula is C11H12FmNO4-. The molecule has 0 bridgehead atoms. The van der Waals surface area contributed by atoms with Gasteiger partial charge >= 0.3 is 5.97 Å². The van der Waals surface area contributed by atoms with Gasteiger partial charge < -0.3 is 20.0 Å². The zero-order chi connectivity index (χ0) is 12.0. The van der Waals surface area contributed by atoms with Gasteiger partial charge in [-0.2, -0.15) is 6.41 Å². The molecule has 2 N–H and O–H groups in total. The Bertz CT molecular complexity index is 366. The molecule has 0 saturated heterocycles. The molecule has 0 unspecified atom stereocenters. The molecule has 0 fully saturated rings. The number of benzene rings is 1. The van der Waals surface area contributed by atoms with Gasteiger partial charge in [0.05, 0.1) is 7.11 Å². The van der Waals surface area contributed by atoms with Gasteiger partial charge in [0.15, 0.2) is 0 Å². The van der Waals surface area contributed by atoms with Crippen molar-refractivity contribution in [2.45, 2.75) is 12.5 Å². The largest absolute Gasteiger partial charge is 0.520 e. The Morgan fingerprint density at radius 1 is 1.47 bits per heavy atom. The summed E-state index contributed by atoms with van der Waals surface area (Å²) >= 11 is 0. The van der Waals surface area contributed by atoms with E-state index in [1.807, 2.05) is 0 Å². The van der Waals surface area contributed by atoms with Crippen LogP contribution < -0.4 is 10.1 Å². The van der Waals surface area contributed by atoms with Crippen LogP contribution in [0.3, 0.4) is 0 Å². The summed E-state index contributed by atoms with van der Waals surface area (Å²) in [4.78, 5) is 20.8. The second-order valence-corrected chi connectivity index (χ2v) is 3.19. The summed E-state index contributed by atoms with van der Waals surface area (Å²) in [5.74, 6) is -0.385. The quantitative estimate of drug-likeness (QED) is 0.457. The number of carbonyl (C=O) groups excluding carboxylic acids is 1. The van der Waals surface area contributed by atoms with Crippen molar-refractivity contribution in [3.8, 4) is 5.75 Å². The number of hydrogen-bond acceptors (Lipinski definition) is 3. The number of nitrogens with one attached hydrogen (secondary N) is 1. The van der Waals surface area contributed by atoms with Gasteiger partial charge in [-0.05, 0) is 17.7 Å². The van der Waals surface area contributed by atoms with Crippen LogP contribution in [0.25, 0.3) is 0 Å². The molecule has 1 aromatic carbocycles. The van der Waals surface area contributed by atoms with Crippen LogP contribution in [0.15, 0.2) is 24.3 Å². The first-order valence-electron chi connectivity index (χ1n) is 4.65. The van der Waals surface area contributed by atoms with Crippen LogP contribution in [-0.4, -0.2) is 30.6 Å². The van der Waals surface area contributed by atoms with Crippen molar-refractivity contribution < 1.29 is 19.4 Å². The van der Waals surface area contributed by atoms with Crippen molar-refractivity contribution in [3.05, 3.63) is 29.8 Å². The first kappa shape index (κ1) is 14.0. The van der Waals surface area contributed by atoms with Crippen LogP contribution in [0, 0.1) is 0 Å². The Morgan fingerprint density at radius 3 is 2.47 bits per heavy atom. The predicted molar refractivity (Wildman–Crippen MR) is 57.0 cm³/mol. The zero-order valence-corrected chi connectivity index (χ0v) is 11.5. The van der Waals surface area contributed by atoms with E-state index in [1.165, 1.54) is 6.41 Å². The second kappa shape index (κ2) is 6.44. The Labute approximate surface area is 93.0 Å². The molecule has 0 heterocycles. The van der Waals surface area contributed by atoms with Gasteiger partial charge in [0, 0.05) is 6.42 Å². The molecule has 17 heavy (non-hydrogen) atoms. The van der Waals surface area contributed by atoms with Crippen LogP contribution in [0.4, 0.5) is 0 Å². The molecular weight excluding hydrogens is 467 g/mol. The van der Waals surface area contributed by atoms with Crippen molar-refractivity contribution in [1.29, 1.82) is 0 Å². The van der Waals surface area contributed by atoms with E-state index in [2.05, 4.69) is 5.32 Å². The summed E-state index contributed by atoms with van der Waals surface area (Å²) in [7, 11) is 1.55. The Hall–Kier alpha value is -3.04. The molecule has 0 radical (unpaired) electrons. The van der Waals surface area contributed by atoms with E-state index in [1.54, 1.807) is 31.4 Å². The normalized spacial score (nSPS) is 10.9. The average molecular weight is 479 g/mol. The summed E-state index contributed by atoms with van der Waals surface area (Å²) in [5, 5.41) is 10.9. The first-order valence-corrected chi connectivity index (χ1v) is 4.65. The third kappa shape index (κ3) is 3.91. The van der Waals surface area contributed by atoms with Crippen molar-refractivity contribution in [2.75, 3.05) is 7.11 Å². The van der Waals surface area contributed by atoms with Crippen molar-refractivity contribution in [1.82, 2.24) is 5.32 Å². The molecule has 98 valence electrons. The van der Waals surface area contributed by atoms with E-state index < -0.39 is 12.0 Å². The monoisotopic (exact) mass is 479 g/mol. The first-order chi connectivity index (χ1) is 7.67. The van der Waals surface area contributed by atoms with Crippen LogP contribution >= 0.6 is 0 Å². The molecule has 1 amide bonds. The maximum absolute atomic E-state index is 10.8. The van der Waals surface area contributed by atoms with Gasteiger partial charge in [-0.15, -0.1) is 0 Å². The zero-order valence-electron chi connectivity index (χ0n) is 9.05. The minimum Gasteiger partial charge on any atom is -0.520 e. The number of methoxy groups -OCH3 is 1. The smallest absolute Gasteiger partial charge is 0.323 e. The second-order valence-electron chi connectivity index (χ2n) is 3.19. The average Bonchev–Trinajstić information content (AvgIpc) is 2.29. The van der Waals surface area contributed by atoms with E-state index >= 15 is 0 Å². The maximum atomic E-state index is 10.8. The Balaban J connectivity index is 0.00000256. The molecule has 5 nitrogen and oxygen atoms in total. The number of amides is 1. The van der Waals surface area contributed by atoms with E-state index in [0.717, 1.165) is 5.56 Å². The molecule has 0 aliphatic rings. The van der Waals surface area contributed by atoms with Gasteiger partial charge in [-0.1, -0.05) is 12.1 Å². The molecule has 1 rings (SSSR count). The molecule has 1 atom stereocenters. The molecule has 0 saturated carbocycles. The van der Waals surface area contributed by atoms with Crippen molar-refractivity contribution >= 4 is 12.4 Å². The van der Waals surface area contributed by atoms with Crippen LogP contribution in [0.2, 0.25) is 0 Å². The summed E-state index contributed by atoms with van der Waals surface area (Å²) in [6.45, 7) is 0. The molecule has 0 aromatic heterocycles. The third-order valence-corrected chi connectivity index (χ3v) is 2.13. The Kier molecular flexibility index (Phi) is 5.29. The van der Waals surface area contributed by atoms with Gasteiger partial charge in [0.25, 0.3) is 0 Å². The van der Waals surface area contributed by atoms with Crippen LogP contribution in [-0.2, 0) is 16.0 Å². The number of carboxylic acids is 1. The summed E-state index contributed by atoms with van der Waals surface area (Å²) in [6.07, 6.45) is 1.60. The number of aliphatic carboxylic acids is 1. The number of carbonyl (C=O) groups is 1. The van der Waals surface area contributed by atoms with Gasteiger partial charge in [-0.25, -0.2) is 0 Å². The molecule has 0 aliphatic heterocycles. The topological polar surface area (TPSA) is 75.6 Å². The van der Waals surface area contributed by atoms with Crippen molar-refractivity contribution in [2.24, 2.45) is 0 Å².